The number of hydrogen-bond acceptors (Lipinski definition) is 2. The summed E-state index contributed by atoms with van der Waals surface area (Å²) in [4.78, 5) is 9.96. The molecular weight excluding hydrogens is 133 g/mol. The second-order valence-corrected chi connectivity index (χ2v) is 2.88. The van der Waals surface area contributed by atoms with E-state index in [0.29, 0.717) is 12.3 Å². The van der Waals surface area contributed by atoms with Crippen molar-refractivity contribution in [1.82, 2.24) is 0 Å². The minimum atomic E-state index is -1.40. The van der Waals surface area contributed by atoms with Crippen LogP contribution in [0.3, 0.4) is 0 Å². The number of halogens is 1. The monoisotopic (exact) mass is 147 g/mol. The van der Waals surface area contributed by atoms with Crippen LogP contribution in [0.1, 0.15) is 26.7 Å². The van der Waals surface area contributed by atoms with Gasteiger partial charge in [0.2, 0.25) is 0 Å². The van der Waals surface area contributed by atoms with Crippen molar-refractivity contribution in [3.05, 3.63) is 0 Å². The zero-order valence-corrected chi connectivity index (χ0v) is 6.43. The van der Waals surface area contributed by atoms with Gasteiger partial charge < -0.3 is 5.73 Å². The second kappa shape index (κ2) is 4.39. The van der Waals surface area contributed by atoms with Gasteiger partial charge in [0.1, 0.15) is 0 Å². The Balaban J connectivity index is 3.40. The lowest BCUT2D eigenvalue weighted by molar-refractivity contribution is -0.130. The summed E-state index contributed by atoms with van der Waals surface area (Å²) in [6.07, 6.45) is 1.25. The number of rotatable bonds is 4. The molecule has 3 heteroatoms. The van der Waals surface area contributed by atoms with Crippen molar-refractivity contribution < 1.29 is 9.18 Å². The highest BCUT2D eigenvalue weighted by Crippen LogP contribution is 2.05. The van der Waals surface area contributed by atoms with Crippen LogP contribution in [0.2, 0.25) is 0 Å². The second-order valence-electron chi connectivity index (χ2n) is 2.88. The van der Waals surface area contributed by atoms with E-state index >= 15 is 0 Å². The summed E-state index contributed by atoms with van der Waals surface area (Å²) in [5.41, 5.74) is 5.14. The van der Waals surface area contributed by atoms with Crippen LogP contribution in [0.4, 0.5) is 4.39 Å². The van der Waals surface area contributed by atoms with Gasteiger partial charge in [0.15, 0.2) is 0 Å². The Morgan fingerprint density at radius 3 is 2.30 bits per heavy atom. The lowest BCUT2D eigenvalue weighted by Gasteiger charge is -2.06. The Kier molecular flexibility index (Phi) is 4.19. The third-order valence-corrected chi connectivity index (χ3v) is 1.35. The van der Waals surface area contributed by atoms with E-state index < -0.39 is 12.1 Å². The third kappa shape index (κ3) is 4.44. The number of nitrogens with two attached hydrogens (primary N) is 1. The molecule has 60 valence electrons. The molecule has 0 aromatic rings. The summed E-state index contributed by atoms with van der Waals surface area (Å²) < 4.78 is 11.8. The average Bonchev–Trinajstić information content (AvgIpc) is 1.82. The Bertz CT molecular complexity index is 114. The number of hydrogen-bond donors (Lipinski definition) is 1. The maximum Gasteiger partial charge on any atom is 0.318 e. The summed E-state index contributed by atoms with van der Waals surface area (Å²) in [5, 5.41) is 0. The van der Waals surface area contributed by atoms with Gasteiger partial charge in [0.05, 0.1) is 6.04 Å². The molecule has 0 rings (SSSR count). The molecule has 0 heterocycles. The first-order chi connectivity index (χ1) is 4.54. The molecule has 0 saturated carbocycles. The van der Waals surface area contributed by atoms with Gasteiger partial charge >= 0.3 is 6.04 Å². The van der Waals surface area contributed by atoms with Crippen molar-refractivity contribution in [2.24, 2.45) is 11.7 Å². The van der Waals surface area contributed by atoms with E-state index in [-0.39, 0.29) is 0 Å². The molecule has 0 fully saturated rings. The van der Waals surface area contributed by atoms with E-state index in [1.165, 1.54) is 0 Å². The van der Waals surface area contributed by atoms with Gasteiger partial charge in [-0.3, -0.25) is 4.79 Å². The fourth-order valence-electron chi connectivity index (χ4n) is 0.626. The lowest BCUT2D eigenvalue weighted by Crippen LogP contribution is -2.27. The summed E-state index contributed by atoms with van der Waals surface area (Å²) in [7, 11) is 0. The third-order valence-electron chi connectivity index (χ3n) is 1.35. The lowest BCUT2D eigenvalue weighted by atomic mass is 10.0. The molecule has 0 saturated heterocycles. The topological polar surface area (TPSA) is 43.1 Å². The molecule has 0 aliphatic heterocycles. The predicted molar refractivity (Wildman–Crippen MR) is 38.2 cm³/mol. The van der Waals surface area contributed by atoms with Crippen molar-refractivity contribution in [1.29, 1.82) is 0 Å². The maximum atomic E-state index is 11.8. The van der Waals surface area contributed by atoms with Crippen LogP contribution in [0, 0.1) is 5.92 Å². The van der Waals surface area contributed by atoms with Crippen LogP contribution in [0.25, 0.3) is 0 Å². The van der Waals surface area contributed by atoms with Gasteiger partial charge in [0, 0.05) is 0 Å². The number of carbonyl (C=O) groups is 1. The van der Waals surface area contributed by atoms with Crippen LogP contribution in [0.15, 0.2) is 0 Å². The molecule has 0 aliphatic rings. The van der Waals surface area contributed by atoms with Gasteiger partial charge in [-0.05, 0) is 18.8 Å². The van der Waals surface area contributed by atoms with E-state index in [2.05, 4.69) is 0 Å². The largest absolute Gasteiger partial charge is 0.319 e. The Morgan fingerprint density at radius 2 is 2.00 bits per heavy atom. The SMILES string of the molecule is CC(C)CC[C@H](N)C(=O)F. The standard InChI is InChI=1S/C7H14FNO/c1-5(2)3-4-6(9)7(8)10/h5-6H,3-4,9H2,1-2H3/t6-/m0/s1. The zero-order chi connectivity index (χ0) is 8.15. The molecule has 1 atom stereocenters. The van der Waals surface area contributed by atoms with Crippen molar-refractivity contribution in [3.8, 4) is 0 Å². The van der Waals surface area contributed by atoms with Crippen molar-refractivity contribution in [2.75, 3.05) is 0 Å². The number of carbonyl (C=O) groups excluding carboxylic acids is 1. The molecule has 10 heavy (non-hydrogen) atoms. The van der Waals surface area contributed by atoms with Crippen molar-refractivity contribution in [3.63, 3.8) is 0 Å². The van der Waals surface area contributed by atoms with E-state index in [1.807, 2.05) is 13.8 Å². The van der Waals surface area contributed by atoms with Crippen LogP contribution in [0.5, 0.6) is 0 Å². The molecule has 0 aromatic heterocycles. The van der Waals surface area contributed by atoms with Crippen molar-refractivity contribution >= 4 is 6.04 Å². The van der Waals surface area contributed by atoms with Gasteiger partial charge in [0.25, 0.3) is 0 Å². The zero-order valence-electron chi connectivity index (χ0n) is 6.43. The quantitative estimate of drug-likeness (QED) is 0.608. The Hall–Kier alpha value is -0.440. The highest BCUT2D eigenvalue weighted by Gasteiger charge is 2.11. The molecule has 0 unspecified atom stereocenters. The molecule has 0 aromatic carbocycles. The van der Waals surface area contributed by atoms with Crippen LogP contribution in [-0.2, 0) is 4.79 Å². The van der Waals surface area contributed by atoms with Crippen LogP contribution < -0.4 is 5.73 Å². The molecule has 0 bridgehead atoms. The van der Waals surface area contributed by atoms with Gasteiger partial charge in [-0.1, -0.05) is 13.8 Å². The van der Waals surface area contributed by atoms with E-state index in [1.54, 1.807) is 0 Å². The van der Waals surface area contributed by atoms with E-state index in [9.17, 15) is 9.18 Å². The summed E-state index contributed by atoms with van der Waals surface area (Å²) >= 11 is 0. The van der Waals surface area contributed by atoms with E-state index in [4.69, 9.17) is 5.73 Å². The summed E-state index contributed by atoms with van der Waals surface area (Å²) in [6, 6.07) is -2.30. The highest BCUT2D eigenvalue weighted by atomic mass is 19.1. The molecular formula is C7H14FNO. The molecule has 2 nitrogen and oxygen atoms in total. The summed E-state index contributed by atoms with van der Waals surface area (Å²) in [6.45, 7) is 4.02. The van der Waals surface area contributed by atoms with Crippen LogP contribution in [-0.4, -0.2) is 12.1 Å². The smallest absolute Gasteiger partial charge is 0.318 e. The van der Waals surface area contributed by atoms with Gasteiger partial charge in [-0.25, -0.2) is 0 Å². The first-order valence-corrected chi connectivity index (χ1v) is 3.49. The van der Waals surface area contributed by atoms with Crippen LogP contribution >= 0.6 is 0 Å². The molecule has 0 radical (unpaired) electrons. The minimum absolute atomic E-state index is 0.451. The van der Waals surface area contributed by atoms with E-state index in [0.717, 1.165) is 6.42 Å². The Morgan fingerprint density at radius 1 is 1.50 bits per heavy atom. The Labute approximate surface area is 60.6 Å². The molecule has 0 amide bonds. The molecule has 0 spiro atoms. The summed E-state index contributed by atoms with van der Waals surface area (Å²) in [5.74, 6) is 0.477. The first-order valence-electron chi connectivity index (χ1n) is 3.49. The average molecular weight is 147 g/mol. The maximum absolute atomic E-state index is 11.8. The normalized spacial score (nSPS) is 13.7. The minimum Gasteiger partial charge on any atom is -0.319 e. The highest BCUT2D eigenvalue weighted by molar-refractivity contribution is 5.73. The predicted octanol–water partition coefficient (Wildman–Crippen LogP) is 1.25. The molecule has 0 aliphatic carbocycles. The first kappa shape index (κ1) is 9.56. The fourth-order valence-corrected chi connectivity index (χ4v) is 0.626. The molecule has 2 N–H and O–H groups in total. The fraction of sp³-hybridized carbons (Fsp3) is 0.857. The van der Waals surface area contributed by atoms with Gasteiger partial charge in [-0.2, -0.15) is 4.39 Å². The van der Waals surface area contributed by atoms with Gasteiger partial charge in [-0.15, -0.1) is 0 Å². The van der Waals surface area contributed by atoms with Crippen molar-refractivity contribution in [2.45, 2.75) is 32.7 Å².